The van der Waals surface area contributed by atoms with Crippen molar-refractivity contribution in [3.05, 3.63) is 95.8 Å². The zero-order valence-corrected chi connectivity index (χ0v) is 32.6. The minimum Gasteiger partial charge on any atom is -0.512 e. The van der Waals surface area contributed by atoms with Crippen LogP contribution >= 0.6 is 0 Å². The summed E-state index contributed by atoms with van der Waals surface area (Å²) in [5, 5.41) is 33.8. The van der Waals surface area contributed by atoms with Crippen molar-refractivity contribution < 1.29 is 79.3 Å². The second-order valence-electron chi connectivity index (χ2n) is 13.3. The molecule has 4 rings (SSSR count). The molecule has 0 bridgehead atoms. The van der Waals surface area contributed by atoms with E-state index in [2.05, 4.69) is 17.4 Å². The summed E-state index contributed by atoms with van der Waals surface area (Å²) in [6.07, 6.45) is 0.368. The molecule has 0 unspecified atom stereocenters. The molecule has 0 radical (unpaired) electrons. The Morgan fingerprint density at radius 2 is 1.17 bits per heavy atom. The number of hydroxylamine groups is 1. The Bertz CT molecular complexity index is 1660. The molecule has 3 aromatic carbocycles. The van der Waals surface area contributed by atoms with Gasteiger partial charge in [-0.1, -0.05) is 73.3 Å². The fraction of sp³-hybridized carbons (Fsp3) is 0.421. The third kappa shape index (κ3) is 16.4. The molecule has 1 aliphatic rings. The molecule has 0 spiro atoms. The molecule has 294 valence electrons. The van der Waals surface area contributed by atoms with Crippen LogP contribution in [0.2, 0.25) is 0 Å². The van der Waals surface area contributed by atoms with Crippen LogP contribution in [0.4, 0.5) is 0 Å². The Kier molecular flexibility index (Phi) is 19.4. The number of amides is 2. The fourth-order valence-electron chi connectivity index (χ4n) is 6.04. The number of benzene rings is 3. The third-order valence-electron chi connectivity index (χ3n) is 8.95. The maximum absolute atomic E-state index is 13.0. The van der Waals surface area contributed by atoms with Crippen molar-refractivity contribution in [2.45, 2.75) is 25.6 Å². The molecule has 1 fully saturated rings. The standard InChI is InChI=1S/C38H51N7O8.Gd/c1-28(46)23-42-12-16-44(25-36(48)49)18-14-43(15-19-45(17-13-42)26-37(50)51)24-35(47)40-22-29-6-8-30(9-7-29)27-53-41-38(52)34(39)21-31-10-11-32-4-2-3-5-33(32)20-31;/h2-11,20,34,46H,1,12-19,21-27,39H2,(H,40,47)(H,41,52)(H,48,49)(H,50,51);/t34-;/m1./s1. The average Bonchev–Trinajstić information content (AvgIpc) is 3.11. The first-order valence-corrected chi connectivity index (χ1v) is 17.6. The molecule has 1 saturated heterocycles. The number of carbonyl (C=O) groups excluding carboxylic acids is 2. The van der Waals surface area contributed by atoms with E-state index in [1.54, 1.807) is 9.80 Å². The number of nitrogens with two attached hydrogens (primary N) is 1. The van der Waals surface area contributed by atoms with Gasteiger partial charge in [-0.05, 0) is 33.9 Å². The van der Waals surface area contributed by atoms with E-state index in [1.807, 2.05) is 76.5 Å². The number of rotatable bonds is 16. The van der Waals surface area contributed by atoms with Gasteiger partial charge in [-0.2, -0.15) is 0 Å². The van der Waals surface area contributed by atoms with Crippen LogP contribution in [0.25, 0.3) is 10.8 Å². The first-order chi connectivity index (χ1) is 25.4. The summed E-state index contributed by atoms with van der Waals surface area (Å²) in [7, 11) is 0. The van der Waals surface area contributed by atoms with Gasteiger partial charge >= 0.3 is 11.9 Å². The van der Waals surface area contributed by atoms with Gasteiger partial charge in [0.1, 0.15) is 0 Å². The molecule has 0 aliphatic carbocycles. The van der Waals surface area contributed by atoms with Gasteiger partial charge in [0, 0.05) is 98.8 Å². The van der Waals surface area contributed by atoms with Gasteiger partial charge in [0.2, 0.25) is 5.91 Å². The summed E-state index contributed by atoms with van der Waals surface area (Å²) >= 11 is 0. The van der Waals surface area contributed by atoms with E-state index < -0.39 is 23.9 Å². The fourth-order valence-corrected chi connectivity index (χ4v) is 6.04. The Labute approximate surface area is 347 Å². The van der Waals surface area contributed by atoms with Gasteiger partial charge in [-0.25, -0.2) is 5.48 Å². The number of nitrogens with one attached hydrogen (secondary N) is 2. The van der Waals surface area contributed by atoms with Gasteiger partial charge < -0.3 is 26.4 Å². The molecular weight excluding hydrogens is 840 g/mol. The molecule has 1 heterocycles. The molecule has 1 aliphatic heterocycles. The summed E-state index contributed by atoms with van der Waals surface area (Å²) in [6.45, 7) is 7.14. The Morgan fingerprint density at radius 1 is 0.685 bits per heavy atom. The van der Waals surface area contributed by atoms with Crippen LogP contribution in [0.1, 0.15) is 16.7 Å². The first kappa shape index (κ1) is 44.8. The minimum atomic E-state index is -0.966. The number of aliphatic carboxylic acids is 2. The van der Waals surface area contributed by atoms with E-state index in [4.69, 9.17) is 10.6 Å². The van der Waals surface area contributed by atoms with Crippen LogP contribution < -0.4 is 16.5 Å². The van der Waals surface area contributed by atoms with Gasteiger partial charge in [0.15, 0.2) is 0 Å². The Morgan fingerprint density at radius 3 is 1.70 bits per heavy atom. The van der Waals surface area contributed by atoms with E-state index >= 15 is 0 Å². The summed E-state index contributed by atoms with van der Waals surface area (Å²) < 4.78 is 0. The molecule has 7 N–H and O–H groups in total. The quantitative estimate of drug-likeness (QED) is 0.0882. The number of carboxylic acids is 2. The molecule has 3 aromatic rings. The molecule has 1 atom stereocenters. The number of nitrogens with zero attached hydrogens (tertiary/aromatic N) is 4. The molecule has 15 nitrogen and oxygen atoms in total. The predicted molar refractivity (Wildman–Crippen MR) is 200 cm³/mol. The van der Waals surface area contributed by atoms with Crippen LogP contribution in [0.5, 0.6) is 0 Å². The summed E-state index contributed by atoms with van der Waals surface area (Å²) in [5.41, 5.74) is 11.2. The van der Waals surface area contributed by atoms with Crippen molar-refractivity contribution in [1.82, 2.24) is 30.4 Å². The van der Waals surface area contributed by atoms with Crippen molar-refractivity contribution in [1.29, 1.82) is 0 Å². The number of carbonyl (C=O) groups is 4. The van der Waals surface area contributed by atoms with Gasteiger partial charge in [-0.15, -0.1) is 0 Å². The van der Waals surface area contributed by atoms with E-state index in [9.17, 15) is 34.5 Å². The normalized spacial score (nSPS) is 15.9. The second-order valence-corrected chi connectivity index (χ2v) is 13.3. The van der Waals surface area contributed by atoms with Crippen LogP contribution in [-0.2, 0) is 43.6 Å². The van der Waals surface area contributed by atoms with E-state index in [-0.39, 0.29) is 90.9 Å². The number of carboxylic acid groups (broad SMARTS) is 2. The Hall–Kier alpha value is -3.58. The summed E-state index contributed by atoms with van der Waals surface area (Å²) in [6, 6.07) is 20.6. The average molecular weight is 891 g/mol. The molecule has 0 aromatic heterocycles. The monoisotopic (exact) mass is 891 g/mol. The number of hydrogen-bond donors (Lipinski definition) is 6. The van der Waals surface area contributed by atoms with Gasteiger partial charge in [-0.3, -0.25) is 43.6 Å². The zero-order valence-electron chi connectivity index (χ0n) is 30.3. The molecule has 2 amide bonds. The van der Waals surface area contributed by atoms with Crippen molar-refractivity contribution in [3.63, 3.8) is 0 Å². The number of fused-ring (bicyclic) bond motifs is 1. The SMILES string of the molecule is C=C(O)CN1CCN(CC(=O)O)CCN(CC(=O)NCc2ccc(CONC(=O)[C@H](N)Cc3ccc4ccccc4c3)cc2)CCN(CC(=O)O)CC1.[Gd]. The van der Waals surface area contributed by atoms with Crippen LogP contribution in [-0.4, -0.2) is 143 Å². The molecular formula is C38H51GdN7O8. The Balaban J connectivity index is 0.00000784. The number of aliphatic hydroxyl groups is 1. The van der Waals surface area contributed by atoms with Crippen LogP contribution in [0, 0.1) is 39.9 Å². The summed E-state index contributed by atoms with van der Waals surface area (Å²) in [4.78, 5) is 61.5. The maximum atomic E-state index is 13.0. The number of aliphatic hydroxyl groups excluding tert-OH is 1. The van der Waals surface area contributed by atoms with E-state index in [0.717, 1.165) is 27.5 Å². The van der Waals surface area contributed by atoms with Crippen molar-refractivity contribution in [2.24, 2.45) is 5.73 Å². The zero-order chi connectivity index (χ0) is 38.2. The number of hydrogen-bond acceptors (Lipinski definition) is 11. The maximum Gasteiger partial charge on any atom is 0.317 e. The van der Waals surface area contributed by atoms with Gasteiger partial charge in [0.05, 0.1) is 44.6 Å². The van der Waals surface area contributed by atoms with Crippen molar-refractivity contribution in [3.8, 4) is 0 Å². The smallest absolute Gasteiger partial charge is 0.317 e. The second kappa shape index (κ2) is 23.4. The largest absolute Gasteiger partial charge is 0.512 e. The minimum absolute atomic E-state index is 0. The van der Waals surface area contributed by atoms with Crippen LogP contribution in [0.15, 0.2) is 79.1 Å². The molecule has 54 heavy (non-hydrogen) atoms. The van der Waals surface area contributed by atoms with Crippen molar-refractivity contribution in [2.75, 3.05) is 78.5 Å². The van der Waals surface area contributed by atoms with E-state index in [0.29, 0.717) is 58.8 Å². The first-order valence-electron chi connectivity index (χ1n) is 17.6. The van der Waals surface area contributed by atoms with Crippen molar-refractivity contribution >= 4 is 34.5 Å². The van der Waals surface area contributed by atoms with E-state index in [1.165, 1.54) is 0 Å². The van der Waals surface area contributed by atoms with Gasteiger partial charge in [0.25, 0.3) is 5.91 Å². The third-order valence-corrected chi connectivity index (χ3v) is 8.95. The molecule has 0 saturated carbocycles. The van der Waals surface area contributed by atoms with Crippen LogP contribution in [0.3, 0.4) is 0 Å². The predicted octanol–water partition coefficient (Wildman–Crippen LogP) is 1.04. The topological polar surface area (TPSA) is 201 Å². The summed E-state index contributed by atoms with van der Waals surface area (Å²) in [5.74, 6) is -2.60. The molecule has 16 heteroatoms.